The first-order chi connectivity index (χ1) is 15.2. The van der Waals surface area contributed by atoms with Gasteiger partial charge in [-0.05, 0) is 33.1 Å². The molecule has 3 aromatic carbocycles. The normalized spacial score (nSPS) is 14.1. The van der Waals surface area contributed by atoms with Crippen LogP contribution in [0.25, 0.3) is 0 Å². The molecule has 0 saturated heterocycles. The van der Waals surface area contributed by atoms with Gasteiger partial charge in [0, 0.05) is 10.8 Å². The molecule has 3 rings (SSSR count). The van der Waals surface area contributed by atoms with E-state index in [2.05, 4.69) is 91.9 Å². The van der Waals surface area contributed by atoms with Crippen LogP contribution in [0.5, 0.6) is 5.75 Å². The minimum absolute atomic E-state index is 0.123. The van der Waals surface area contributed by atoms with Crippen molar-refractivity contribution in [2.24, 2.45) is 0 Å². The Morgan fingerprint density at radius 3 is 1.72 bits per heavy atom. The largest absolute Gasteiger partial charge is 0.497 e. The van der Waals surface area contributed by atoms with Gasteiger partial charge in [-0.3, -0.25) is 0 Å². The van der Waals surface area contributed by atoms with Crippen molar-refractivity contribution in [1.82, 2.24) is 0 Å². The number of aliphatic hydroxyl groups is 1. The maximum Gasteiger partial charge on any atom is 0.261 e. The molecule has 0 radical (unpaired) electrons. The van der Waals surface area contributed by atoms with Crippen LogP contribution in [0.2, 0.25) is 5.04 Å². The zero-order valence-electron chi connectivity index (χ0n) is 19.3. The van der Waals surface area contributed by atoms with Crippen molar-refractivity contribution in [2.75, 3.05) is 18.1 Å². The van der Waals surface area contributed by atoms with Crippen molar-refractivity contribution in [1.29, 1.82) is 0 Å². The van der Waals surface area contributed by atoms with Gasteiger partial charge in [-0.2, -0.15) is 0 Å². The van der Waals surface area contributed by atoms with E-state index < -0.39 is 13.9 Å². The van der Waals surface area contributed by atoms with Gasteiger partial charge in [-0.15, -0.1) is 0 Å². The van der Waals surface area contributed by atoms with Crippen molar-refractivity contribution < 1.29 is 14.3 Å². The van der Waals surface area contributed by atoms with Gasteiger partial charge >= 0.3 is 0 Å². The Hall–Kier alpha value is -1.67. The first-order valence-electron chi connectivity index (χ1n) is 10.9. The summed E-state index contributed by atoms with van der Waals surface area (Å²) >= 11 is 2.27. The van der Waals surface area contributed by atoms with E-state index in [-0.39, 0.29) is 11.6 Å². The summed E-state index contributed by atoms with van der Waals surface area (Å²) in [5, 5.41) is 13.9. The SMILES string of the molecule is COc1ccc(C[C@@](O)(CI)CO[Si](c2ccccc2)(c2ccccc2)C(C)(C)C)cc1. The Bertz CT molecular complexity index is 932. The standard InChI is InChI=1S/C27H33IO3Si/c1-26(2,3)32(24-11-7-5-8-12-24,25-13-9-6-10-14-25)31-21-27(29,20-28)19-22-15-17-23(30-4)18-16-22/h5-18,29H,19-21H2,1-4H3/t27-/m1/s1. The second-order valence-electron chi connectivity index (χ2n) is 9.33. The molecular weight excluding hydrogens is 527 g/mol. The fourth-order valence-corrected chi connectivity index (χ4v) is 9.39. The molecule has 1 N–H and O–H groups in total. The lowest BCUT2D eigenvalue weighted by atomic mass is 9.97. The minimum Gasteiger partial charge on any atom is -0.497 e. The summed E-state index contributed by atoms with van der Waals surface area (Å²) < 4.78 is 12.8. The molecule has 0 aliphatic rings. The molecule has 0 bridgehead atoms. The second kappa shape index (κ2) is 10.5. The number of ether oxygens (including phenoxy) is 1. The molecule has 170 valence electrons. The number of halogens is 1. The average molecular weight is 561 g/mol. The van der Waals surface area contributed by atoms with Gasteiger partial charge in [0.25, 0.3) is 8.32 Å². The van der Waals surface area contributed by atoms with Crippen molar-refractivity contribution >= 4 is 41.3 Å². The maximum atomic E-state index is 11.6. The van der Waals surface area contributed by atoms with Crippen molar-refractivity contribution in [3.05, 3.63) is 90.5 Å². The number of hydrogen-bond acceptors (Lipinski definition) is 3. The molecule has 0 unspecified atom stereocenters. The molecule has 3 nitrogen and oxygen atoms in total. The lowest BCUT2D eigenvalue weighted by Gasteiger charge is -2.44. The molecule has 0 fully saturated rings. The van der Waals surface area contributed by atoms with Crippen LogP contribution >= 0.6 is 22.6 Å². The Morgan fingerprint density at radius 1 is 0.812 bits per heavy atom. The summed E-state index contributed by atoms with van der Waals surface area (Å²) in [6, 6.07) is 29.0. The van der Waals surface area contributed by atoms with Gasteiger partial charge in [0.05, 0.1) is 19.3 Å². The summed E-state index contributed by atoms with van der Waals surface area (Å²) in [6.45, 7) is 7.04. The van der Waals surface area contributed by atoms with Crippen LogP contribution in [0, 0.1) is 0 Å². The van der Waals surface area contributed by atoms with E-state index in [0.29, 0.717) is 10.8 Å². The smallest absolute Gasteiger partial charge is 0.261 e. The van der Waals surface area contributed by atoms with E-state index in [9.17, 15) is 5.11 Å². The van der Waals surface area contributed by atoms with Crippen LogP contribution in [-0.4, -0.2) is 37.2 Å². The number of alkyl halides is 1. The topological polar surface area (TPSA) is 38.7 Å². The monoisotopic (exact) mass is 560 g/mol. The third-order valence-electron chi connectivity index (χ3n) is 5.92. The molecule has 0 aliphatic carbocycles. The van der Waals surface area contributed by atoms with E-state index in [1.165, 1.54) is 10.4 Å². The van der Waals surface area contributed by atoms with Gasteiger partial charge in [0.2, 0.25) is 0 Å². The van der Waals surface area contributed by atoms with E-state index in [0.717, 1.165) is 11.3 Å². The van der Waals surface area contributed by atoms with Gasteiger partial charge in [-0.25, -0.2) is 0 Å². The predicted molar refractivity (Wildman–Crippen MR) is 144 cm³/mol. The van der Waals surface area contributed by atoms with Crippen LogP contribution in [0.15, 0.2) is 84.9 Å². The number of methoxy groups -OCH3 is 1. The van der Waals surface area contributed by atoms with Crippen molar-refractivity contribution in [3.8, 4) is 5.75 Å². The first-order valence-corrected chi connectivity index (χ1v) is 14.3. The highest BCUT2D eigenvalue weighted by molar-refractivity contribution is 14.1. The highest BCUT2D eigenvalue weighted by atomic mass is 127. The van der Waals surface area contributed by atoms with Gasteiger partial charge < -0.3 is 14.3 Å². The molecule has 0 amide bonds. The Labute approximate surface area is 207 Å². The third-order valence-corrected chi connectivity index (χ3v) is 12.3. The summed E-state index contributed by atoms with van der Waals surface area (Å²) in [5.41, 5.74) is 0.0957. The molecule has 5 heteroatoms. The molecular formula is C27H33IO3Si. The lowest BCUT2D eigenvalue weighted by molar-refractivity contribution is 0.0153. The Kier molecular flexibility index (Phi) is 8.19. The molecule has 0 heterocycles. The molecule has 0 aromatic heterocycles. The third kappa shape index (κ3) is 5.45. The second-order valence-corrected chi connectivity index (χ2v) is 14.4. The molecule has 0 aliphatic heterocycles. The van der Waals surface area contributed by atoms with Crippen LogP contribution < -0.4 is 15.1 Å². The van der Waals surface area contributed by atoms with Crippen LogP contribution in [-0.2, 0) is 10.8 Å². The number of benzene rings is 3. The highest BCUT2D eigenvalue weighted by Gasteiger charge is 2.51. The van der Waals surface area contributed by atoms with E-state index in [4.69, 9.17) is 9.16 Å². The van der Waals surface area contributed by atoms with Gasteiger partial charge in [-0.1, -0.05) is 116 Å². The van der Waals surface area contributed by atoms with E-state index in [1.54, 1.807) is 7.11 Å². The van der Waals surface area contributed by atoms with Crippen molar-refractivity contribution in [2.45, 2.75) is 37.8 Å². The molecule has 0 saturated carbocycles. The zero-order valence-corrected chi connectivity index (χ0v) is 22.5. The first kappa shape index (κ1) is 25.0. The van der Waals surface area contributed by atoms with E-state index >= 15 is 0 Å². The van der Waals surface area contributed by atoms with Gasteiger partial charge in [0.1, 0.15) is 5.75 Å². The molecule has 1 atom stereocenters. The minimum atomic E-state index is -2.69. The maximum absolute atomic E-state index is 11.6. The molecule has 32 heavy (non-hydrogen) atoms. The van der Waals surface area contributed by atoms with Crippen LogP contribution in [0.1, 0.15) is 26.3 Å². The zero-order chi connectivity index (χ0) is 23.2. The lowest BCUT2D eigenvalue weighted by Crippen LogP contribution is -2.67. The van der Waals surface area contributed by atoms with Crippen molar-refractivity contribution in [3.63, 3.8) is 0 Å². The Balaban J connectivity index is 1.98. The van der Waals surface area contributed by atoms with Crippen LogP contribution in [0.3, 0.4) is 0 Å². The summed E-state index contributed by atoms with van der Waals surface area (Å²) in [4.78, 5) is 0. The molecule has 0 spiro atoms. The number of hydrogen-bond donors (Lipinski definition) is 1. The summed E-state index contributed by atoms with van der Waals surface area (Å²) in [6.07, 6.45) is 0.526. The van der Waals surface area contributed by atoms with Crippen LogP contribution in [0.4, 0.5) is 0 Å². The fourth-order valence-electron chi connectivity index (χ4n) is 4.26. The quantitative estimate of drug-likeness (QED) is 0.228. The number of rotatable bonds is 9. The van der Waals surface area contributed by atoms with Gasteiger partial charge in [0.15, 0.2) is 0 Å². The average Bonchev–Trinajstić information content (AvgIpc) is 2.80. The molecule has 3 aromatic rings. The summed E-state index contributed by atoms with van der Waals surface area (Å²) in [7, 11) is -1.03. The predicted octanol–water partition coefficient (Wildman–Crippen LogP) is 4.98. The Morgan fingerprint density at radius 2 is 1.31 bits per heavy atom. The van der Waals surface area contributed by atoms with E-state index in [1.807, 2.05) is 36.4 Å². The summed E-state index contributed by atoms with van der Waals surface area (Å²) in [5.74, 6) is 0.815. The fraction of sp³-hybridized carbons (Fsp3) is 0.333. The highest BCUT2D eigenvalue weighted by Crippen LogP contribution is 2.37.